The summed E-state index contributed by atoms with van der Waals surface area (Å²) in [7, 11) is -3.56. The Balaban J connectivity index is 1.68. The molecule has 0 aliphatic carbocycles. The van der Waals surface area contributed by atoms with Crippen molar-refractivity contribution in [3.8, 4) is 0 Å². The number of piperidine rings is 1. The summed E-state index contributed by atoms with van der Waals surface area (Å²) in [4.78, 5) is 12.9. The zero-order chi connectivity index (χ0) is 18.6. The minimum absolute atomic E-state index is 0.123. The predicted octanol–water partition coefficient (Wildman–Crippen LogP) is 3.29. The summed E-state index contributed by atoms with van der Waals surface area (Å²) in [6, 6.07) is 16.1. The van der Waals surface area contributed by atoms with Crippen molar-refractivity contribution in [3.63, 3.8) is 0 Å². The molecule has 1 aliphatic heterocycles. The molecule has 2 aromatic carbocycles. The zero-order valence-electron chi connectivity index (χ0n) is 14.9. The Hall–Kier alpha value is -2.18. The predicted molar refractivity (Wildman–Crippen MR) is 102 cm³/mol. The number of sulfonamides is 1. The third-order valence-electron chi connectivity index (χ3n) is 4.77. The number of anilines is 1. The number of carbonyl (C=O) groups excluding carboxylic acids is 1. The summed E-state index contributed by atoms with van der Waals surface area (Å²) < 4.78 is 27.0. The Morgan fingerprint density at radius 1 is 1.12 bits per heavy atom. The molecule has 6 heteroatoms. The molecule has 1 heterocycles. The van der Waals surface area contributed by atoms with Crippen molar-refractivity contribution in [2.45, 2.75) is 31.1 Å². The Morgan fingerprint density at radius 3 is 2.46 bits per heavy atom. The maximum absolute atomic E-state index is 12.8. The third kappa shape index (κ3) is 4.14. The lowest BCUT2D eigenvalue weighted by Crippen LogP contribution is -2.43. The molecule has 0 spiro atoms. The van der Waals surface area contributed by atoms with E-state index in [4.69, 9.17) is 0 Å². The number of rotatable bonds is 5. The van der Waals surface area contributed by atoms with Crippen LogP contribution >= 0.6 is 0 Å². The highest BCUT2D eigenvalue weighted by molar-refractivity contribution is 7.89. The van der Waals surface area contributed by atoms with Crippen molar-refractivity contribution in [1.29, 1.82) is 0 Å². The molecule has 1 saturated heterocycles. The second kappa shape index (κ2) is 8.01. The molecule has 3 rings (SSSR count). The first-order valence-electron chi connectivity index (χ1n) is 8.95. The molecule has 1 aliphatic rings. The first kappa shape index (κ1) is 18.6. The third-order valence-corrected chi connectivity index (χ3v) is 6.64. The molecule has 1 atom stereocenters. The number of nitrogens with one attached hydrogen (secondary N) is 1. The van der Waals surface area contributed by atoms with Crippen LogP contribution in [0.3, 0.4) is 0 Å². The zero-order valence-corrected chi connectivity index (χ0v) is 15.7. The molecule has 26 heavy (non-hydrogen) atoms. The number of benzene rings is 2. The summed E-state index contributed by atoms with van der Waals surface area (Å²) in [6.45, 7) is 2.75. The van der Waals surface area contributed by atoms with Gasteiger partial charge in [-0.1, -0.05) is 37.3 Å². The maximum Gasteiger partial charge on any atom is 0.243 e. The van der Waals surface area contributed by atoms with E-state index in [1.165, 1.54) is 9.87 Å². The summed E-state index contributed by atoms with van der Waals surface area (Å²) in [5, 5.41) is 2.91. The lowest BCUT2D eigenvalue weighted by molar-refractivity contribution is -0.120. The minimum Gasteiger partial charge on any atom is -0.326 e. The van der Waals surface area contributed by atoms with Crippen molar-refractivity contribution < 1.29 is 13.2 Å². The Kier molecular flexibility index (Phi) is 5.74. The second-order valence-electron chi connectivity index (χ2n) is 6.55. The van der Waals surface area contributed by atoms with Crippen LogP contribution in [-0.2, 0) is 21.2 Å². The molecule has 138 valence electrons. The smallest absolute Gasteiger partial charge is 0.243 e. The standard InChI is InChI=1S/C20H24N2O3S/c1-2-16-10-12-18(13-11-16)21-20(23)17-7-6-14-22(15-17)26(24,25)19-8-4-3-5-9-19/h3-5,8-13,17H,2,6-7,14-15H2,1H3,(H,21,23)/t17-/m1/s1. The Labute approximate surface area is 155 Å². The summed E-state index contributed by atoms with van der Waals surface area (Å²) in [6.07, 6.45) is 2.32. The van der Waals surface area contributed by atoms with Crippen molar-refractivity contribution in [3.05, 3.63) is 60.2 Å². The van der Waals surface area contributed by atoms with Crippen LogP contribution < -0.4 is 5.32 Å². The van der Waals surface area contributed by atoms with E-state index in [1.807, 2.05) is 24.3 Å². The second-order valence-corrected chi connectivity index (χ2v) is 8.49. The van der Waals surface area contributed by atoms with Gasteiger partial charge >= 0.3 is 0 Å². The maximum atomic E-state index is 12.8. The van der Waals surface area contributed by atoms with E-state index >= 15 is 0 Å². The molecule has 1 amide bonds. The van der Waals surface area contributed by atoms with Crippen LogP contribution in [0.25, 0.3) is 0 Å². The molecule has 1 fully saturated rings. The minimum atomic E-state index is -3.56. The fraction of sp³-hybridized carbons (Fsp3) is 0.350. The highest BCUT2D eigenvalue weighted by Crippen LogP contribution is 2.24. The van der Waals surface area contributed by atoms with Crippen LogP contribution in [0, 0.1) is 5.92 Å². The quantitative estimate of drug-likeness (QED) is 0.876. The summed E-state index contributed by atoms with van der Waals surface area (Å²) >= 11 is 0. The highest BCUT2D eigenvalue weighted by atomic mass is 32.2. The van der Waals surface area contributed by atoms with Gasteiger partial charge in [-0.3, -0.25) is 4.79 Å². The molecule has 0 aromatic heterocycles. The largest absolute Gasteiger partial charge is 0.326 e. The first-order chi connectivity index (χ1) is 12.5. The Bertz CT molecular complexity index is 848. The molecular formula is C20H24N2O3S. The monoisotopic (exact) mass is 372 g/mol. The summed E-state index contributed by atoms with van der Waals surface area (Å²) in [5.41, 5.74) is 1.95. The van der Waals surface area contributed by atoms with Gasteiger partial charge in [-0.2, -0.15) is 4.31 Å². The first-order valence-corrected chi connectivity index (χ1v) is 10.4. The van der Waals surface area contributed by atoms with Crippen molar-refractivity contribution in [2.75, 3.05) is 18.4 Å². The SMILES string of the molecule is CCc1ccc(NC(=O)[C@@H]2CCCN(S(=O)(=O)c3ccccc3)C2)cc1. The van der Waals surface area contributed by atoms with Gasteiger partial charge in [0.25, 0.3) is 0 Å². The van der Waals surface area contributed by atoms with E-state index in [0.29, 0.717) is 19.4 Å². The van der Waals surface area contributed by atoms with E-state index in [2.05, 4.69) is 12.2 Å². The van der Waals surface area contributed by atoms with Crippen molar-refractivity contribution >= 4 is 21.6 Å². The number of nitrogens with zero attached hydrogens (tertiary/aromatic N) is 1. The number of amides is 1. The Morgan fingerprint density at radius 2 is 1.81 bits per heavy atom. The number of carbonyl (C=O) groups is 1. The highest BCUT2D eigenvalue weighted by Gasteiger charge is 2.33. The van der Waals surface area contributed by atoms with Gasteiger partial charge < -0.3 is 5.32 Å². The molecule has 0 unspecified atom stereocenters. The fourth-order valence-electron chi connectivity index (χ4n) is 3.18. The molecule has 1 N–H and O–H groups in total. The van der Waals surface area contributed by atoms with Gasteiger partial charge in [0.2, 0.25) is 15.9 Å². The van der Waals surface area contributed by atoms with E-state index in [9.17, 15) is 13.2 Å². The van der Waals surface area contributed by atoms with Gasteiger partial charge in [0.15, 0.2) is 0 Å². The lowest BCUT2D eigenvalue weighted by Gasteiger charge is -2.31. The van der Waals surface area contributed by atoms with Crippen LogP contribution in [0.15, 0.2) is 59.5 Å². The number of aryl methyl sites for hydroxylation is 1. The normalized spacial score (nSPS) is 18.4. The van der Waals surface area contributed by atoms with E-state index in [-0.39, 0.29) is 23.3 Å². The van der Waals surface area contributed by atoms with Gasteiger partial charge in [-0.15, -0.1) is 0 Å². The van der Waals surface area contributed by atoms with Crippen molar-refractivity contribution in [2.24, 2.45) is 5.92 Å². The molecule has 0 radical (unpaired) electrons. The van der Waals surface area contributed by atoms with E-state index < -0.39 is 10.0 Å². The average molecular weight is 372 g/mol. The van der Waals surface area contributed by atoms with Gasteiger partial charge in [0.05, 0.1) is 10.8 Å². The molecule has 0 bridgehead atoms. The van der Waals surface area contributed by atoms with Crippen LogP contribution in [0.5, 0.6) is 0 Å². The molecule has 5 nitrogen and oxygen atoms in total. The number of hydrogen-bond donors (Lipinski definition) is 1. The van der Waals surface area contributed by atoms with Crippen LogP contribution in [0.4, 0.5) is 5.69 Å². The number of hydrogen-bond acceptors (Lipinski definition) is 3. The average Bonchev–Trinajstić information content (AvgIpc) is 2.69. The van der Waals surface area contributed by atoms with Crippen LogP contribution in [0.1, 0.15) is 25.3 Å². The molecular weight excluding hydrogens is 348 g/mol. The van der Waals surface area contributed by atoms with Crippen LogP contribution in [0.2, 0.25) is 0 Å². The molecule has 0 saturated carbocycles. The van der Waals surface area contributed by atoms with Gasteiger partial charge in [-0.25, -0.2) is 8.42 Å². The summed E-state index contributed by atoms with van der Waals surface area (Å²) in [5.74, 6) is -0.463. The fourth-order valence-corrected chi connectivity index (χ4v) is 4.73. The van der Waals surface area contributed by atoms with Crippen molar-refractivity contribution in [1.82, 2.24) is 4.31 Å². The topological polar surface area (TPSA) is 66.5 Å². The van der Waals surface area contributed by atoms with Crippen LogP contribution in [-0.4, -0.2) is 31.7 Å². The van der Waals surface area contributed by atoms with Gasteiger partial charge in [-0.05, 0) is 49.1 Å². The van der Waals surface area contributed by atoms with E-state index in [0.717, 1.165) is 12.1 Å². The lowest BCUT2D eigenvalue weighted by atomic mass is 9.98. The van der Waals surface area contributed by atoms with E-state index in [1.54, 1.807) is 30.3 Å². The molecule has 2 aromatic rings. The van der Waals surface area contributed by atoms with Gasteiger partial charge in [0, 0.05) is 18.8 Å². The van der Waals surface area contributed by atoms with Gasteiger partial charge in [0.1, 0.15) is 0 Å².